The van der Waals surface area contributed by atoms with Gasteiger partial charge in [0.1, 0.15) is 11.6 Å². The van der Waals surface area contributed by atoms with Crippen LogP contribution >= 0.6 is 22.6 Å². The van der Waals surface area contributed by atoms with Gasteiger partial charge in [0.25, 0.3) is 0 Å². The average Bonchev–Trinajstić information content (AvgIpc) is 3.19. The zero-order chi connectivity index (χ0) is 13.3. The van der Waals surface area contributed by atoms with Crippen LogP contribution in [0.15, 0.2) is 12.1 Å². The topological polar surface area (TPSA) is 57.6 Å². The fourth-order valence-electron chi connectivity index (χ4n) is 2.25. The maximum atomic E-state index is 9.39. The lowest BCUT2D eigenvalue weighted by Gasteiger charge is -2.28. The third-order valence-corrected chi connectivity index (χ3v) is 4.28. The average molecular weight is 375 g/mol. The van der Waals surface area contributed by atoms with Gasteiger partial charge in [-0.1, -0.05) is 0 Å². The summed E-state index contributed by atoms with van der Waals surface area (Å²) in [6.07, 6.45) is 2.03. The number of nitrogens with one attached hydrogen (secondary N) is 1. The minimum Gasteiger partial charge on any atom is -0.394 e. The Bertz CT molecular complexity index is 459. The summed E-state index contributed by atoms with van der Waals surface area (Å²) in [6, 6.07) is 4.12. The second-order valence-corrected chi connectivity index (χ2v) is 6.44. The van der Waals surface area contributed by atoms with Gasteiger partial charge in [-0.05, 0) is 47.6 Å². The van der Waals surface area contributed by atoms with Crippen molar-refractivity contribution in [3.8, 4) is 0 Å². The number of ether oxygens (including phenoxy) is 1. The second-order valence-electron chi connectivity index (χ2n) is 5.19. The predicted octanol–water partition coefficient (Wildman–Crippen LogP) is 1.46. The molecule has 0 atom stereocenters. The van der Waals surface area contributed by atoms with Crippen LogP contribution in [-0.4, -0.2) is 48.5 Å². The quantitative estimate of drug-likeness (QED) is 0.781. The van der Waals surface area contributed by atoms with Crippen LogP contribution in [0.2, 0.25) is 0 Å². The lowest BCUT2D eigenvalue weighted by atomic mass is 10.3. The smallest absolute Gasteiger partial charge is 0.132 e. The molecule has 2 aliphatic rings. The van der Waals surface area contributed by atoms with Crippen LogP contribution in [0, 0.1) is 3.57 Å². The molecule has 2 N–H and O–H groups in total. The van der Waals surface area contributed by atoms with E-state index >= 15 is 0 Å². The maximum Gasteiger partial charge on any atom is 0.132 e. The first-order chi connectivity index (χ1) is 9.21. The van der Waals surface area contributed by atoms with Crippen LogP contribution in [0.3, 0.4) is 0 Å². The number of aliphatic hydroxyl groups is 1. The molecule has 5 nitrogen and oxygen atoms in total. The number of aromatic nitrogens is 1. The number of nitrogens with zero attached hydrogens (tertiary/aromatic N) is 2. The summed E-state index contributed by atoms with van der Waals surface area (Å²) >= 11 is 2.31. The van der Waals surface area contributed by atoms with E-state index in [2.05, 4.69) is 43.9 Å². The Balaban J connectivity index is 1.79. The van der Waals surface area contributed by atoms with Crippen LogP contribution in [0.1, 0.15) is 12.8 Å². The molecule has 0 radical (unpaired) electrons. The molecular weight excluding hydrogens is 357 g/mol. The highest BCUT2D eigenvalue weighted by molar-refractivity contribution is 14.1. The molecule has 0 bridgehead atoms. The number of pyridine rings is 1. The largest absolute Gasteiger partial charge is 0.394 e. The molecule has 1 aliphatic carbocycles. The highest BCUT2D eigenvalue weighted by atomic mass is 127. The van der Waals surface area contributed by atoms with Gasteiger partial charge >= 0.3 is 0 Å². The van der Waals surface area contributed by atoms with Gasteiger partial charge in [0.2, 0.25) is 0 Å². The van der Waals surface area contributed by atoms with Crippen LogP contribution < -0.4 is 10.2 Å². The number of aliphatic hydroxyl groups excluding tert-OH is 1. The van der Waals surface area contributed by atoms with Gasteiger partial charge in [-0.25, -0.2) is 4.98 Å². The van der Waals surface area contributed by atoms with Crippen LogP contribution in [0.25, 0.3) is 0 Å². The first-order valence-electron chi connectivity index (χ1n) is 6.60. The number of rotatable bonds is 4. The summed E-state index contributed by atoms with van der Waals surface area (Å²) in [6.45, 7) is 3.47. The van der Waals surface area contributed by atoms with Gasteiger partial charge in [-0.2, -0.15) is 0 Å². The van der Waals surface area contributed by atoms with E-state index in [0.29, 0.717) is 0 Å². The Kier molecular flexibility index (Phi) is 3.81. The molecule has 1 aromatic rings. The minimum atomic E-state index is -0.125. The maximum absolute atomic E-state index is 9.39. The Labute approximate surface area is 126 Å². The van der Waals surface area contributed by atoms with Crippen molar-refractivity contribution in [2.24, 2.45) is 0 Å². The zero-order valence-electron chi connectivity index (χ0n) is 10.7. The van der Waals surface area contributed by atoms with E-state index in [1.54, 1.807) is 0 Å². The molecule has 1 saturated carbocycles. The van der Waals surface area contributed by atoms with Gasteiger partial charge in [-0.3, -0.25) is 0 Å². The minimum absolute atomic E-state index is 0.125. The van der Waals surface area contributed by atoms with E-state index in [1.807, 2.05) is 6.07 Å². The van der Waals surface area contributed by atoms with E-state index in [-0.39, 0.29) is 12.1 Å². The number of hydrogen-bond donors (Lipinski definition) is 2. The van der Waals surface area contributed by atoms with E-state index in [4.69, 9.17) is 4.74 Å². The molecule has 1 aliphatic heterocycles. The van der Waals surface area contributed by atoms with Crippen molar-refractivity contribution in [1.29, 1.82) is 0 Å². The summed E-state index contributed by atoms with van der Waals surface area (Å²) in [5.41, 5.74) is -0.125. The summed E-state index contributed by atoms with van der Waals surface area (Å²) in [5.74, 6) is 1.85. The first kappa shape index (κ1) is 13.4. The van der Waals surface area contributed by atoms with E-state index in [9.17, 15) is 5.11 Å². The molecule has 2 heterocycles. The Hall–Kier alpha value is -0.600. The van der Waals surface area contributed by atoms with Crippen molar-refractivity contribution >= 4 is 34.2 Å². The lowest BCUT2D eigenvalue weighted by molar-refractivity contribution is 0.122. The molecule has 0 spiro atoms. The Morgan fingerprint density at radius 1 is 1.37 bits per heavy atom. The summed E-state index contributed by atoms with van der Waals surface area (Å²) in [5, 5.41) is 12.8. The number of halogens is 1. The molecule has 1 aromatic heterocycles. The van der Waals surface area contributed by atoms with Gasteiger partial charge < -0.3 is 20.1 Å². The normalized spacial score (nSPS) is 21.3. The molecule has 19 heavy (non-hydrogen) atoms. The van der Waals surface area contributed by atoms with Gasteiger partial charge in [0.05, 0.1) is 25.4 Å². The third-order valence-electron chi connectivity index (χ3n) is 3.66. The van der Waals surface area contributed by atoms with Crippen LogP contribution in [-0.2, 0) is 4.74 Å². The van der Waals surface area contributed by atoms with E-state index in [1.165, 1.54) is 0 Å². The van der Waals surface area contributed by atoms with Gasteiger partial charge in [0, 0.05) is 16.7 Å². The lowest BCUT2D eigenvalue weighted by Crippen LogP contribution is -2.37. The second kappa shape index (κ2) is 5.41. The number of morpholine rings is 1. The molecule has 1 saturated heterocycles. The van der Waals surface area contributed by atoms with Gasteiger partial charge in [0.15, 0.2) is 0 Å². The van der Waals surface area contributed by atoms with E-state index < -0.39 is 0 Å². The molecule has 104 valence electrons. The third kappa shape index (κ3) is 3.11. The fraction of sp³-hybridized carbons (Fsp3) is 0.615. The van der Waals surface area contributed by atoms with Crippen molar-refractivity contribution in [2.75, 3.05) is 43.1 Å². The Morgan fingerprint density at radius 2 is 2.11 bits per heavy atom. The molecule has 3 rings (SSSR count). The van der Waals surface area contributed by atoms with Crippen molar-refractivity contribution in [3.05, 3.63) is 15.7 Å². The Morgan fingerprint density at radius 3 is 2.74 bits per heavy atom. The van der Waals surface area contributed by atoms with Crippen LogP contribution in [0.4, 0.5) is 11.6 Å². The number of anilines is 2. The molecule has 0 unspecified atom stereocenters. The monoisotopic (exact) mass is 375 g/mol. The van der Waals surface area contributed by atoms with Crippen molar-refractivity contribution in [1.82, 2.24) is 4.98 Å². The summed E-state index contributed by atoms with van der Waals surface area (Å²) in [4.78, 5) is 6.92. The molecule has 0 amide bonds. The fourth-order valence-corrected chi connectivity index (χ4v) is 2.82. The van der Waals surface area contributed by atoms with Crippen molar-refractivity contribution < 1.29 is 9.84 Å². The van der Waals surface area contributed by atoms with Crippen molar-refractivity contribution in [2.45, 2.75) is 18.4 Å². The highest BCUT2D eigenvalue weighted by Gasteiger charge is 2.42. The standard InChI is InChI=1S/C13H18IN3O2/c14-10-7-11(16-13(9-18)1-2-13)15-12(8-10)17-3-5-19-6-4-17/h7-8,18H,1-6,9H2,(H,15,16). The first-order valence-corrected chi connectivity index (χ1v) is 7.68. The predicted molar refractivity (Wildman–Crippen MR) is 82.7 cm³/mol. The highest BCUT2D eigenvalue weighted by Crippen LogP contribution is 2.38. The molecule has 6 heteroatoms. The SMILES string of the molecule is OCC1(Nc2cc(I)cc(N3CCOCC3)n2)CC1. The van der Waals surface area contributed by atoms with E-state index in [0.717, 1.165) is 54.4 Å². The summed E-state index contributed by atoms with van der Waals surface area (Å²) in [7, 11) is 0. The molecule has 2 fully saturated rings. The zero-order valence-corrected chi connectivity index (χ0v) is 12.9. The molecule has 0 aromatic carbocycles. The van der Waals surface area contributed by atoms with Gasteiger partial charge in [-0.15, -0.1) is 0 Å². The van der Waals surface area contributed by atoms with Crippen molar-refractivity contribution in [3.63, 3.8) is 0 Å². The van der Waals surface area contributed by atoms with Crippen LogP contribution in [0.5, 0.6) is 0 Å². The summed E-state index contributed by atoms with van der Waals surface area (Å²) < 4.78 is 6.53. The molecular formula is C13H18IN3O2. The number of hydrogen-bond acceptors (Lipinski definition) is 5.